The molecule has 19 heavy (non-hydrogen) atoms. The van der Waals surface area contributed by atoms with E-state index in [1.54, 1.807) is 7.11 Å². The summed E-state index contributed by atoms with van der Waals surface area (Å²) in [5.74, 6) is 0.709. The Morgan fingerprint density at radius 1 is 1.32 bits per heavy atom. The van der Waals surface area contributed by atoms with Crippen LogP contribution in [0.4, 0.5) is 0 Å². The highest BCUT2D eigenvalue weighted by Gasteiger charge is 2.15. The lowest BCUT2D eigenvalue weighted by molar-refractivity contribution is 0.414. The highest BCUT2D eigenvalue weighted by molar-refractivity contribution is 7.12. The van der Waals surface area contributed by atoms with Crippen LogP contribution in [0.15, 0.2) is 30.3 Å². The van der Waals surface area contributed by atoms with E-state index in [4.69, 9.17) is 16.3 Å². The van der Waals surface area contributed by atoms with Gasteiger partial charge in [0.05, 0.1) is 18.2 Å². The van der Waals surface area contributed by atoms with Gasteiger partial charge in [-0.15, -0.1) is 11.3 Å². The molecule has 0 fully saturated rings. The Bertz CT molecular complexity index is 553. The topological polar surface area (TPSA) is 21.3 Å². The maximum atomic E-state index is 6.20. The van der Waals surface area contributed by atoms with Crippen LogP contribution in [0.25, 0.3) is 0 Å². The highest BCUT2D eigenvalue weighted by Crippen LogP contribution is 2.33. The molecule has 2 aromatic rings. The number of halogens is 1. The summed E-state index contributed by atoms with van der Waals surface area (Å²) in [5.41, 5.74) is 1.15. The second kappa shape index (κ2) is 6.42. The first-order valence-electron chi connectivity index (χ1n) is 6.29. The number of hydrogen-bond donors (Lipinski definition) is 1. The van der Waals surface area contributed by atoms with Crippen LogP contribution in [-0.2, 0) is 6.42 Å². The van der Waals surface area contributed by atoms with Gasteiger partial charge >= 0.3 is 0 Å². The fourth-order valence-corrected chi connectivity index (χ4v) is 3.43. The van der Waals surface area contributed by atoms with E-state index in [2.05, 4.69) is 30.4 Å². The minimum absolute atomic E-state index is 0.175. The molecule has 0 amide bonds. The van der Waals surface area contributed by atoms with E-state index in [1.807, 2.05) is 30.5 Å². The van der Waals surface area contributed by atoms with Crippen molar-refractivity contribution in [2.75, 3.05) is 14.2 Å². The fraction of sp³-hybridized carbons (Fsp3) is 0.333. The Hall–Kier alpha value is -1.03. The third-order valence-corrected chi connectivity index (χ3v) is 4.70. The lowest BCUT2D eigenvalue weighted by Crippen LogP contribution is -2.16. The van der Waals surface area contributed by atoms with Crippen LogP contribution in [0.1, 0.15) is 28.3 Å². The van der Waals surface area contributed by atoms with Gasteiger partial charge in [0.25, 0.3) is 0 Å². The molecular formula is C15H18ClNOS. The number of methoxy groups -OCH3 is 1. The van der Waals surface area contributed by atoms with Crippen molar-refractivity contribution in [1.29, 1.82) is 0 Å². The molecule has 0 saturated carbocycles. The minimum atomic E-state index is 0.175. The molecule has 0 aliphatic rings. The summed E-state index contributed by atoms with van der Waals surface area (Å²) >= 11 is 8.04. The Morgan fingerprint density at radius 3 is 2.63 bits per heavy atom. The molecule has 2 nitrogen and oxygen atoms in total. The lowest BCUT2D eigenvalue weighted by atomic mass is 10.1. The average Bonchev–Trinajstić information content (AvgIpc) is 2.88. The predicted molar refractivity (Wildman–Crippen MR) is 82.6 cm³/mol. The van der Waals surface area contributed by atoms with Gasteiger partial charge in [0, 0.05) is 9.75 Å². The van der Waals surface area contributed by atoms with Crippen molar-refractivity contribution in [2.45, 2.75) is 19.4 Å². The number of ether oxygens (including phenoxy) is 1. The molecule has 1 atom stereocenters. The van der Waals surface area contributed by atoms with E-state index >= 15 is 0 Å². The molecule has 1 heterocycles. The molecule has 0 spiro atoms. The molecule has 0 bridgehead atoms. The molecule has 1 aromatic heterocycles. The van der Waals surface area contributed by atoms with Gasteiger partial charge < -0.3 is 10.1 Å². The number of benzene rings is 1. The summed E-state index contributed by atoms with van der Waals surface area (Å²) in [5, 5.41) is 3.99. The van der Waals surface area contributed by atoms with Crippen LogP contribution < -0.4 is 10.1 Å². The standard InChI is InChI=1S/C15H18ClNOS/c1-4-11-6-8-14(19-11)15(17-2)10-5-7-13(18-3)12(16)9-10/h5-9,15,17H,4H2,1-3H3. The lowest BCUT2D eigenvalue weighted by Gasteiger charge is -2.16. The summed E-state index contributed by atoms with van der Waals surface area (Å²) in [4.78, 5) is 2.70. The number of hydrogen-bond acceptors (Lipinski definition) is 3. The first-order valence-corrected chi connectivity index (χ1v) is 7.48. The van der Waals surface area contributed by atoms with Crippen molar-refractivity contribution < 1.29 is 4.74 Å². The monoisotopic (exact) mass is 295 g/mol. The maximum absolute atomic E-state index is 6.20. The van der Waals surface area contributed by atoms with Gasteiger partial charge in [0.1, 0.15) is 5.75 Å². The molecule has 102 valence electrons. The van der Waals surface area contributed by atoms with Gasteiger partial charge in [0.2, 0.25) is 0 Å². The Balaban J connectivity index is 2.33. The number of rotatable bonds is 5. The molecule has 4 heteroatoms. The SMILES string of the molecule is CCc1ccc(C(NC)c2ccc(OC)c(Cl)c2)s1. The fourth-order valence-electron chi connectivity index (χ4n) is 2.08. The quantitative estimate of drug-likeness (QED) is 0.889. The third-order valence-electron chi connectivity index (χ3n) is 3.11. The largest absolute Gasteiger partial charge is 0.495 e. The molecule has 0 radical (unpaired) electrons. The van der Waals surface area contributed by atoms with Gasteiger partial charge in [-0.05, 0) is 43.3 Å². The van der Waals surface area contributed by atoms with Gasteiger partial charge in [-0.1, -0.05) is 24.6 Å². The molecule has 1 unspecified atom stereocenters. The average molecular weight is 296 g/mol. The number of nitrogens with one attached hydrogen (secondary N) is 1. The minimum Gasteiger partial charge on any atom is -0.495 e. The summed E-state index contributed by atoms with van der Waals surface area (Å²) in [6, 6.07) is 10.5. The van der Waals surface area contributed by atoms with Crippen molar-refractivity contribution in [2.24, 2.45) is 0 Å². The van der Waals surface area contributed by atoms with Gasteiger partial charge in [0.15, 0.2) is 0 Å². The molecule has 0 saturated heterocycles. The van der Waals surface area contributed by atoms with E-state index in [0.29, 0.717) is 10.8 Å². The zero-order chi connectivity index (χ0) is 13.8. The summed E-state index contributed by atoms with van der Waals surface area (Å²) in [7, 11) is 3.59. The van der Waals surface area contributed by atoms with Crippen LogP contribution in [-0.4, -0.2) is 14.2 Å². The van der Waals surface area contributed by atoms with Gasteiger partial charge in [-0.25, -0.2) is 0 Å². The molecule has 1 N–H and O–H groups in total. The van der Waals surface area contributed by atoms with Crippen molar-refractivity contribution >= 4 is 22.9 Å². The molecular weight excluding hydrogens is 278 g/mol. The van der Waals surface area contributed by atoms with Crippen LogP contribution in [0.2, 0.25) is 5.02 Å². The second-order valence-corrected chi connectivity index (χ2v) is 5.88. The first kappa shape index (κ1) is 14.4. The van der Waals surface area contributed by atoms with Gasteiger partial charge in [-0.2, -0.15) is 0 Å². The van der Waals surface area contributed by atoms with Crippen LogP contribution in [0.5, 0.6) is 5.75 Å². The zero-order valence-corrected chi connectivity index (χ0v) is 12.9. The normalized spacial score (nSPS) is 12.4. The van der Waals surface area contributed by atoms with E-state index in [9.17, 15) is 0 Å². The number of aryl methyl sites for hydroxylation is 1. The van der Waals surface area contributed by atoms with E-state index < -0.39 is 0 Å². The molecule has 1 aromatic carbocycles. The smallest absolute Gasteiger partial charge is 0.137 e. The highest BCUT2D eigenvalue weighted by atomic mass is 35.5. The zero-order valence-electron chi connectivity index (χ0n) is 11.4. The summed E-state index contributed by atoms with van der Waals surface area (Å²) < 4.78 is 5.19. The van der Waals surface area contributed by atoms with Crippen LogP contribution >= 0.6 is 22.9 Å². The maximum Gasteiger partial charge on any atom is 0.137 e. The Labute approximate surface area is 123 Å². The van der Waals surface area contributed by atoms with Crippen molar-refractivity contribution in [3.8, 4) is 5.75 Å². The Kier molecular flexibility index (Phi) is 4.86. The van der Waals surface area contributed by atoms with E-state index in [0.717, 1.165) is 12.0 Å². The van der Waals surface area contributed by atoms with E-state index in [1.165, 1.54) is 9.75 Å². The summed E-state index contributed by atoms with van der Waals surface area (Å²) in [6.45, 7) is 2.17. The molecule has 0 aliphatic carbocycles. The third kappa shape index (κ3) is 3.11. The summed E-state index contributed by atoms with van der Waals surface area (Å²) in [6.07, 6.45) is 1.07. The molecule has 2 rings (SSSR count). The second-order valence-electron chi connectivity index (χ2n) is 4.27. The van der Waals surface area contributed by atoms with Crippen molar-refractivity contribution in [1.82, 2.24) is 5.32 Å². The van der Waals surface area contributed by atoms with Crippen molar-refractivity contribution in [3.63, 3.8) is 0 Å². The van der Waals surface area contributed by atoms with Crippen LogP contribution in [0.3, 0.4) is 0 Å². The first-order chi connectivity index (χ1) is 9.19. The molecule has 0 aliphatic heterocycles. The van der Waals surface area contributed by atoms with E-state index in [-0.39, 0.29) is 6.04 Å². The number of thiophene rings is 1. The van der Waals surface area contributed by atoms with Crippen molar-refractivity contribution in [3.05, 3.63) is 50.7 Å². The van der Waals surface area contributed by atoms with Crippen LogP contribution in [0, 0.1) is 0 Å². The van der Waals surface area contributed by atoms with Gasteiger partial charge in [-0.3, -0.25) is 0 Å². The predicted octanol–water partition coefficient (Wildman–Crippen LogP) is 4.28. The Morgan fingerprint density at radius 2 is 2.11 bits per heavy atom.